The fraction of sp³-hybridized carbons (Fsp3) is 0.500. The number of morpholine rings is 1. The molecule has 1 heterocycles. The third-order valence-electron chi connectivity index (χ3n) is 2.74. The Balaban J connectivity index is 0.00000144. The molecule has 0 radical (unpaired) electrons. The monoisotopic (exact) mass is 259 g/mol. The van der Waals surface area contributed by atoms with Crippen LogP contribution in [0.25, 0.3) is 0 Å². The molecule has 0 aromatic heterocycles. The number of nitrogens with one attached hydrogen (secondary N) is 1. The number of halogens is 1. The molecule has 2 rings (SSSR count). The van der Waals surface area contributed by atoms with Crippen molar-refractivity contribution in [3.05, 3.63) is 23.8 Å². The van der Waals surface area contributed by atoms with Gasteiger partial charge in [0.25, 0.3) is 0 Å². The van der Waals surface area contributed by atoms with Crippen LogP contribution in [0.2, 0.25) is 0 Å². The molecular weight excluding hydrogens is 242 g/mol. The number of methoxy groups -OCH3 is 2. The van der Waals surface area contributed by atoms with Crippen molar-refractivity contribution in [3.8, 4) is 11.5 Å². The molecule has 0 bridgehead atoms. The van der Waals surface area contributed by atoms with Crippen LogP contribution in [-0.2, 0) is 4.74 Å². The van der Waals surface area contributed by atoms with E-state index in [1.165, 1.54) is 0 Å². The van der Waals surface area contributed by atoms with Crippen LogP contribution in [0.15, 0.2) is 18.2 Å². The second-order valence-corrected chi connectivity index (χ2v) is 3.69. The molecule has 1 aromatic rings. The van der Waals surface area contributed by atoms with Crippen LogP contribution in [0.3, 0.4) is 0 Å². The van der Waals surface area contributed by atoms with Gasteiger partial charge in [0.15, 0.2) is 0 Å². The summed E-state index contributed by atoms with van der Waals surface area (Å²) in [5, 5.41) is 3.40. The maximum atomic E-state index is 5.44. The first kappa shape index (κ1) is 14.1. The molecule has 0 aliphatic carbocycles. The molecule has 1 aliphatic heterocycles. The van der Waals surface area contributed by atoms with Crippen molar-refractivity contribution in [2.45, 2.75) is 6.04 Å². The zero-order chi connectivity index (χ0) is 11.4. The van der Waals surface area contributed by atoms with E-state index in [0.717, 1.165) is 30.2 Å². The maximum absolute atomic E-state index is 5.44. The van der Waals surface area contributed by atoms with Crippen LogP contribution < -0.4 is 14.8 Å². The van der Waals surface area contributed by atoms with Crippen molar-refractivity contribution in [1.29, 1.82) is 0 Å². The van der Waals surface area contributed by atoms with Gasteiger partial charge in [0.05, 0.1) is 33.5 Å². The third kappa shape index (κ3) is 3.25. The Kier molecular flexibility index (Phi) is 5.55. The minimum Gasteiger partial charge on any atom is -0.497 e. The lowest BCUT2D eigenvalue weighted by molar-refractivity contribution is 0.0760. The number of hydrogen-bond donors (Lipinski definition) is 1. The van der Waals surface area contributed by atoms with Gasteiger partial charge in [-0.2, -0.15) is 0 Å². The van der Waals surface area contributed by atoms with Gasteiger partial charge in [-0.05, 0) is 12.1 Å². The van der Waals surface area contributed by atoms with Crippen LogP contribution in [0, 0.1) is 0 Å². The number of hydrogen-bond acceptors (Lipinski definition) is 4. The summed E-state index contributed by atoms with van der Waals surface area (Å²) in [6.07, 6.45) is 0. The van der Waals surface area contributed by atoms with Crippen molar-refractivity contribution in [2.24, 2.45) is 0 Å². The van der Waals surface area contributed by atoms with Crippen LogP contribution in [0.5, 0.6) is 11.5 Å². The summed E-state index contributed by atoms with van der Waals surface area (Å²) in [5.41, 5.74) is 1.11. The molecule has 1 saturated heterocycles. The summed E-state index contributed by atoms with van der Waals surface area (Å²) < 4.78 is 16.0. The molecule has 1 N–H and O–H groups in total. The zero-order valence-electron chi connectivity index (χ0n) is 10.1. The van der Waals surface area contributed by atoms with Crippen molar-refractivity contribution in [1.82, 2.24) is 5.32 Å². The van der Waals surface area contributed by atoms with E-state index in [4.69, 9.17) is 14.2 Å². The van der Waals surface area contributed by atoms with Gasteiger partial charge in [0, 0.05) is 18.2 Å². The van der Waals surface area contributed by atoms with Gasteiger partial charge in [-0.3, -0.25) is 0 Å². The van der Waals surface area contributed by atoms with Gasteiger partial charge in [0.2, 0.25) is 0 Å². The minimum absolute atomic E-state index is 0. The summed E-state index contributed by atoms with van der Waals surface area (Å²) in [5.74, 6) is 1.64. The Morgan fingerprint density at radius 1 is 1.29 bits per heavy atom. The van der Waals surface area contributed by atoms with Crippen LogP contribution in [0.4, 0.5) is 0 Å². The molecule has 96 valence electrons. The summed E-state index contributed by atoms with van der Waals surface area (Å²) in [7, 11) is 3.32. The highest BCUT2D eigenvalue weighted by Crippen LogP contribution is 2.30. The molecule has 1 fully saturated rings. The molecule has 5 heteroatoms. The number of rotatable bonds is 3. The van der Waals surface area contributed by atoms with Crippen LogP contribution in [0.1, 0.15) is 11.6 Å². The fourth-order valence-corrected chi connectivity index (χ4v) is 1.87. The van der Waals surface area contributed by atoms with Gasteiger partial charge < -0.3 is 19.5 Å². The zero-order valence-corrected chi connectivity index (χ0v) is 10.9. The average Bonchev–Trinajstić information content (AvgIpc) is 2.39. The van der Waals surface area contributed by atoms with Gasteiger partial charge >= 0.3 is 0 Å². The number of ether oxygens (including phenoxy) is 3. The van der Waals surface area contributed by atoms with Crippen LogP contribution >= 0.6 is 12.4 Å². The van der Waals surface area contributed by atoms with E-state index in [1.54, 1.807) is 14.2 Å². The number of benzene rings is 1. The van der Waals surface area contributed by atoms with E-state index >= 15 is 0 Å². The van der Waals surface area contributed by atoms with Crippen molar-refractivity contribution in [2.75, 3.05) is 34.0 Å². The van der Waals surface area contributed by atoms with E-state index in [0.29, 0.717) is 6.61 Å². The Bertz CT molecular complexity index is 354. The smallest absolute Gasteiger partial charge is 0.127 e. The SMILES string of the molecule is COc1ccc([C@H]2COCCN2)c(OC)c1.Cl. The first-order valence-corrected chi connectivity index (χ1v) is 5.38. The molecule has 1 aliphatic rings. The first-order chi connectivity index (χ1) is 7.85. The van der Waals surface area contributed by atoms with E-state index in [9.17, 15) is 0 Å². The van der Waals surface area contributed by atoms with E-state index < -0.39 is 0 Å². The molecule has 4 nitrogen and oxygen atoms in total. The lowest BCUT2D eigenvalue weighted by atomic mass is 10.1. The lowest BCUT2D eigenvalue weighted by Gasteiger charge is -2.25. The fourth-order valence-electron chi connectivity index (χ4n) is 1.87. The Labute approximate surface area is 108 Å². The molecule has 0 unspecified atom stereocenters. The second-order valence-electron chi connectivity index (χ2n) is 3.69. The van der Waals surface area contributed by atoms with Crippen molar-refractivity contribution < 1.29 is 14.2 Å². The van der Waals surface area contributed by atoms with Crippen molar-refractivity contribution in [3.63, 3.8) is 0 Å². The molecule has 0 spiro atoms. The standard InChI is InChI=1S/C12H17NO3.ClH/c1-14-9-3-4-10(12(7-9)15-2)11-8-16-6-5-13-11;/h3-4,7,11,13H,5-6,8H2,1-2H3;1H/t11-;/m1./s1. The van der Waals surface area contributed by atoms with E-state index in [1.807, 2.05) is 18.2 Å². The van der Waals surface area contributed by atoms with E-state index in [2.05, 4.69) is 5.32 Å². The molecule has 0 saturated carbocycles. The van der Waals surface area contributed by atoms with Gasteiger partial charge in [-0.1, -0.05) is 0 Å². The summed E-state index contributed by atoms with van der Waals surface area (Å²) in [4.78, 5) is 0. The summed E-state index contributed by atoms with van der Waals surface area (Å²) in [6, 6.07) is 6.05. The van der Waals surface area contributed by atoms with Gasteiger partial charge in [-0.15, -0.1) is 12.4 Å². The summed E-state index contributed by atoms with van der Waals surface area (Å²) in [6.45, 7) is 2.33. The molecule has 1 atom stereocenters. The Hall–Kier alpha value is -0.970. The Morgan fingerprint density at radius 2 is 2.12 bits per heavy atom. The molecule has 0 amide bonds. The highest BCUT2D eigenvalue weighted by molar-refractivity contribution is 5.85. The largest absolute Gasteiger partial charge is 0.497 e. The van der Waals surface area contributed by atoms with Crippen molar-refractivity contribution >= 4 is 12.4 Å². The minimum atomic E-state index is 0. The third-order valence-corrected chi connectivity index (χ3v) is 2.74. The van der Waals surface area contributed by atoms with E-state index in [-0.39, 0.29) is 18.4 Å². The quantitative estimate of drug-likeness (QED) is 0.898. The molecular formula is C12H18ClNO3. The lowest BCUT2D eigenvalue weighted by Crippen LogP contribution is -2.34. The Morgan fingerprint density at radius 3 is 2.71 bits per heavy atom. The average molecular weight is 260 g/mol. The first-order valence-electron chi connectivity index (χ1n) is 5.38. The highest BCUT2D eigenvalue weighted by atomic mass is 35.5. The van der Waals surface area contributed by atoms with Crippen LogP contribution in [-0.4, -0.2) is 34.0 Å². The normalized spacial score (nSPS) is 19.3. The topological polar surface area (TPSA) is 39.7 Å². The maximum Gasteiger partial charge on any atom is 0.127 e. The predicted octanol–water partition coefficient (Wildman–Crippen LogP) is 1.79. The molecule has 1 aromatic carbocycles. The predicted molar refractivity (Wildman–Crippen MR) is 68.4 cm³/mol. The second kappa shape index (κ2) is 6.69. The van der Waals surface area contributed by atoms with Gasteiger partial charge in [-0.25, -0.2) is 0 Å². The summed E-state index contributed by atoms with van der Waals surface area (Å²) >= 11 is 0. The van der Waals surface area contributed by atoms with Gasteiger partial charge in [0.1, 0.15) is 11.5 Å². The molecule has 17 heavy (non-hydrogen) atoms. The highest BCUT2D eigenvalue weighted by Gasteiger charge is 2.19.